The summed E-state index contributed by atoms with van der Waals surface area (Å²) >= 11 is 1.34. The lowest BCUT2D eigenvalue weighted by Gasteiger charge is -2.11. The number of hydrogen-bond acceptors (Lipinski definition) is 6. The zero-order valence-corrected chi connectivity index (χ0v) is 15.7. The molecule has 0 fully saturated rings. The Morgan fingerprint density at radius 1 is 1.26 bits per heavy atom. The fourth-order valence-corrected chi connectivity index (χ4v) is 3.11. The van der Waals surface area contributed by atoms with Gasteiger partial charge in [-0.25, -0.2) is 4.98 Å². The number of hydrogen-bond donors (Lipinski definition) is 1. The van der Waals surface area contributed by atoms with Crippen LogP contribution in [0.15, 0.2) is 60.6 Å². The average molecular weight is 381 g/mol. The third-order valence-electron chi connectivity index (χ3n) is 3.64. The second-order valence-electron chi connectivity index (χ2n) is 5.57. The second-order valence-corrected chi connectivity index (χ2v) is 6.43. The van der Waals surface area contributed by atoms with Crippen molar-refractivity contribution in [1.82, 2.24) is 9.97 Å². The Labute approximate surface area is 161 Å². The number of benzene rings is 1. The molecule has 0 aliphatic carbocycles. The third kappa shape index (κ3) is 4.92. The minimum absolute atomic E-state index is 0.143. The van der Waals surface area contributed by atoms with Gasteiger partial charge in [-0.1, -0.05) is 18.2 Å². The Hall–Kier alpha value is -3.19. The highest BCUT2D eigenvalue weighted by Crippen LogP contribution is 2.28. The molecule has 1 aromatic carbocycles. The summed E-state index contributed by atoms with van der Waals surface area (Å²) in [6.45, 7) is 3.58. The summed E-state index contributed by atoms with van der Waals surface area (Å²) in [6, 6.07) is 11.2. The number of allylic oxidation sites excluding steroid dienone is 1. The molecule has 27 heavy (non-hydrogen) atoms. The SMILES string of the molecule is C=CCc1ccc(OCC(=O)Nc2nc(-c3ccccn3)cs2)c(OC)c1. The number of ether oxygens (including phenoxy) is 2. The summed E-state index contributed by atoms with van der Waals surface area (Å²) in [5, 5.41) is 5.08. The maximum Gasteiger partial charge on any atom is 0.264 e. The van der Waals surface area contributed by atoms with Crippen molar-refractivity contribution in [2.24, 2.45) is 0 Å². The van der Waals surface area contributed by atoms with Crippen molar-refractivity contribution in [2.45, 2.75) is 6.42 Å². The first kappa shape index (κ1) is 18.6. The summed E-state index contributed by atoms with van der Waals surface area (Å²) < 4.78 is 10.9. The molecular weight excluding hydrogens is 362 g/mol. The second kappa shape index (κ2) is 8.95. The smallest absolute Gasteiger partial charge is 0.264 e. The van der Waals surface area contributed by atoms with Crippen LogP contribution in [0.4, 0.5) is 5.13 Å². The van der Waals surface area contributed by atoms with Gasteiger partial charge in [-0.05, 0) is 36.2 Å². The molecule has 1 amide bonds. The standard InChI is InChI=1S/C20H19N3O3S/c1-3-6-14-8-9-17(18(11-14)25-2)26-12-19(24)23-20-22-16(13-27-20)15-7-4-5-10-21-15/h3-5,7-11,13H,1,6,12H2,2H3,(H,22,23,24). The largest absolute Gasteiger partial charge is 0.493 e. The fourth-order valence-electron chi connectivity index (χ4n) is 2.39. The van der Waals surface area contributed by atoms with Gasteiger partial charge in [0.05, 0.1) is 12.8 Å². The summed E-state index contributed by atoms with van der Waals surface area (Å²) in [7, 11) is 1.56. The van der Waals surface area contributed by atoms with E-state index in [1.807, 2.05) is 41.8 Å². The van der Waals surface area contributed by atoms with Crippen LogP contribution in [-0.2, 0) is 11.2 Å². The topological polar surface area (TPSA) is 73.3 Å². The molecule has 3 rings (SSSR count). The van der Waals surface area contributed by atoms with Gasteiger partial charge in [-0.3, -0.25) is 15.1 Å². The summed E-state index contributed by atoms with van der Waals surface area (Å²) in [4.78, 5) is 20.8. The Bertz CT molecular complexity index is 925. The highest BCUT2D eigenvalue weighted by molar-refractivity contribution is 7.14. The molecule has 0 aliphatic rings. The van der Waals surface area contributed by atoms with Crippen molar-refractivity contribution in [3.8, 4) is 22.9 Å². The van der Waals surface area contributed by atoms with Crippen LogP contribution in [0.3, 0.4) is 0 Å². The van der Waals surface area contributed by atoms with Crippen LogP contribution in [0, 0.1) is 0 Å². The predicted octanol–water partition coefficient (Wildman–Crippen LogP) is 3.96. The number of nitrogens with zero attached hydrogens (tertiary/aromatic N) is 2. The lowest BCUT2D eigenvalue weighted by atomic mass is 10.1. The van der Waals surface area contributed by atoms with Gasteiger partial charge >= 0.3 is 0 Å². The Morgan fingerprint density at radius 2 is 2.15 bits per heavy atom. The molecule has 2 aromatic heterocycles. The van der Waals surface area contributed by atoms with E-state index in [1.54, 1.807) is 19.4 Å². The van der Waals surface area contributed by atoms with Gasteiger partial charge < -0.3 is 9.47 Å². The number of nitrogens with one attached hydrogen (secondary N) is 1. The molecule has 6 nitrogen and oxygen atoms in total. The molecule has 0 bridgehead atoms. The predicted molar refractivity (Wildman–Crippen MR) is 106 cm³/mol. The maximum atomic E-state index is 12.2. The van der Waals surface area contributed by atoms with Crippen LogP contribution in [-0.4, -0.2) is 29.6 Å². The van der Waals surface area contributed by atoms with Gasteiger partial charge in [0.25, 0.3) is 5.91 Å². The number of methoxy groups -OCH3 is 1. The first-order chi connectivity index (χ1) is 13.2. The molecule has 0 aliphatic heterocycles. The summed E-state index contributed by atoms with van der Waals surface area (Å²) in [5.41, 5.74) is 2.54. The molecule has 7 heteroatoms. The quantitative estimate of drug-likeness (QED) is 0.598. The molecular formula is C20H19N3O3S. The molecule has 3 aromatic rings. The van der Waals surface area contributed by atoms with Crippen LogP contribution in [0.2, 0.25) is 0 Å². The minimum Gasteiger partial charge on any atom is -0.493 e. The van der Waals surface area contributed by atoms with Gasteiger partial charge in [-0.2, -0.15) is 0 Å². The van der Waals surface area contributed by atoms with Crippen LogP contribution >= 0.6 is 11.3 Å². The van der Waals surface area contributed by atoms with Gasteiger partial charge in [0.2, 0.25) is 0 Å². The van der Waals surface area contributed by atoms with Crippen molar-refractivity contribution in [3.05, 3.63) is 66.2 Å². The number of aromatic nitrogens is 2. The Balaban J connectivity index is 1.59. The number of anilines is 1. The van der Waals surface area contributed by atoms with E-state index >= 15 is 0 Å². The highest BCUT2D eigenvalue weighted by atomic mass is 32.1. The lowest BCUT2D eigenvalue weighted by Crippen LogP contribution is -2.20. The monoisotopic (exact) mass is 381 g/mol. The molecule has 0 saturated carbocycles. The van der Waals surface area contributed by atoms with Crippen molar-refractivity contribution in [1.29, 1.82) is 0 Å². The molecule has 1 N–H and O–H groups in total. The minimum atomic E-state index is -0.297. The number of rotatable bonds is 8. The zero-order valence-electron chi connectivity index (χ0n) is 14.8. The van der Waals surface area contributed by atoms with Crippen LogP contribution < -0.4 is 14.8 Å². The van der Waals surface area contributed by atoms with Crippen molar-refractivity contribution < 1.29 is 14.3 Å². The third-order valence-corrected chi connectivity index (χ3v) is 4.40. The van der Waals surface area contributed by atoms with Gasteiger partial charge in [0.1, 0.15) is 5.69 Å². The number of pyridine rings is 1. The normalized spacial score (nSPS) is 10.3. The van der Waals surface area contributed by atoms with Crippen LogP contribution in [0.5, 0.6) is 11.5 Å². The Morgan fingerprint density at radius 3 is 2.89 bits per heavy atom. The van der Waals surface area contributed by atoms with Gasteiger partial charge in [-0.15, -0.1) is 17.9 Å². The first-order valence-corrected chi connectivity index (χ1v) is 9.15. The first-order valence-electron chi connectivity index (χ1n) is 8.27. The van der Waals surface area contributed by atoms with Gasteiger partial charge in [0, 0.05) is 11.6 Å². The zero-order chi connectivity index (χ0) is 19.1. The van der Waals surface area contributed by atoms with E-state index in [2.05, 4.69) is 21.9 Å². The number of carbonyl (C=O) groups excluding carboxylic acids is 1. The molecule has 0 spiro atoms. The Kier molecular flexibility index (Phi) is 6.17. The van der Waals surface area contributed by atoms with E-state index in [-0.39, 0.29) is 12.5 Å². The number of carbonyl (C=O) groups is 1. The van der Waals surface area contributed by atoms with E-state index in [1.165, 1.54) is 11.3 Å². The van der Waals surface area contributed by atoms with Crippen molar-refractivity contribution in [3.63, 3.8) is 0 Å². The molecule has 138 valence electrons. The lowest BCUT2D eigenvalue weighted by molar-refractivity contribution is -0.118. The molecule has 0 saturated heterocycles. The summed E-state index contributed by atoms with van der Waals surface area (Å²) in [5.74, 6) is 0.789. The van der Waals surface area contributed by atoms with E-state index in [0.717, 1.165) is 23.4 Å². The summed E-state index contributed by atoms with van der Waals surface area (Å²) in [6.07, 6.45) is 4.25. The van der Waals surface area contributed by atoms with Crippen molar-refractivity contribution >= 4 is 22.4 Å². The molecule has 0 unspecified atom stereocenters. The molecule has 0 atom stereocenters. The van der Waals surface area contributed by atoms with Gasteiger partial charge in [0.15, 0.2) is 23.2 Å². The van der Waals surface area contributed by atoms with Crippen LogP contribution in [0.25, 0.3) is 11.4 Å². The molecule has 2 heterocycles. The van der Waals surface area contributed by atoms with Crippen molar-refractivity contribution in [2.75, 3.05) is 19.0 Å². The fraction of sp³-hybridized carbons (Fsp3) is 0.150. The maximum absolute atomic E-state index is 12.2. The number of thiazole rings is 1. The average Bonchev–Trinajstić information content (AvgIpc) is 3.16. The number of amides is 1. The van der Waals surface area contributed by atoms with Crippen LogP contribution in [0.1, 0.15) is 5.56 Å². The van der Waals surface area contributed by atoms with E-state index < -0.39 is 0 Å². The highest BCUT2D eigenvalue weighted by Gasteiger charge is 2.11. The molecule has 0 radical (unpaired) electrons. The van der Waals surface area contributed by atoms with E-state index in [9.17, 15) is 4.79 Å². The van der Waals surface area contributed by atoms with E-state index in [0.29, 0.717) is 16.6 Å². The van der Waals surface area contributed by atoms with E-state index in [4.69, 9.17) is 9.47 Å².